The number of nitrogens with one attached hydrogen (secondary N) is 1. The normalized spacial score (nSPS) is 12.4. The van der Waals surface area contributed by atoms with E-state index in [1.54, 1.807) is 37.3 Å². The van der Waals surface area contributed by atoms with E-state index in [2.05, 4.69) is 5.32 Å². The first-order chi connectivity index (χ1) is 15.8. The predicted octanol–water partition coefficient (Wildman–Crippen LogP) is 4.26. The second-order valence-electron chi connectivity index (χ2n) is 8.35. The van der Waals surface area contributed by atoms with Crippen LogP contribution in [0.1, 0.15) is 38.8 Å². The van der Waals surface area contributed by atoms with E-state index in [0.29, 0.717) is 27.7 Å². The molecule has 0 spiro atoms. The highest BCUT2D eigenvalue weighted by Crippen LogP contribution is 2.26. The van der Waals surface area contributed by atoms with E-state index < -0.39 is 28.5 Å². The quantitative estimate of drug-likeness (QED) is 0.499. The fourth-order valence-corrected chi connectivity index (χ4v) is 4.82. The molecule has 0 unspecified atom stereocenters. The van der Waals surface area contributed by atoms with Crippen LogP contribution in [0, 0.1) is 0 Å². The van der Waals surface area contributed by atoms with E-state index in [0.717, 1.165) is 16.1 Å². The van der Waals surface area contributed by atoms with Crippen molar-refractivity contribution in [1.29, 1.82) is 0 Å². The molecule has 2 amide bonds. The molecule has 0 aliphatic heterocycles. The Balaban J connectivity index is 2.46. The largest absolute Gasteiger partial charge is 0.352 e. The summed E-state index contributed by atoms with van der Waals surface area (Å²) in [5.41, 5.74) is 1.81. The SMILES string of the molecule is CCc1ccccc1N(CC(=O)N(Cc1ccc(Cl)cc1Cl)[C@H](C)C(=O)NC(C)C)S(C)(=O)=O. The van der Waals surface area contributed by atoms with Crippen LogP contribution in [0.3, 0.4) is 0 Å². The molecule has 0 aromatic heterocycles. The van der Waals surface area contributed by atoms with E-state index in [4.69, 9.17) is 23.2 Å². The molecule has 0 saturated heterocycles. The number of sulfonamides is 1. The average molecular weight is 529 g/mol. The topological polar surface area (TPSA) is 86.8 Å². The van der Waals surface area contributed by atoms with Crippen LogP contribution >= 0.6 is 23.2 Å². The number of carbonyl (C=O) groups is 2. The maximum absolute atomic E-state index is 13.6. The Hall–Kier alpha value is -2.29. The third-order valence-electron chi connectivity index (χ3n) is 5.27. The zero-order valence-corrected chi connectivity index (χ0v) is 22.3. The molecule has 34 heavy (non-hydrogen) atoms. The lowest BCUT2D eigenvalue weighted by Crippen LogP contribution is -2.52. The fourth-order valence-electron chi connectivity index (χ4n) is 3.47. The van der Waals surface area contributed by atoms with Gasteiger partial charge in [0.1, 0.15) is 12.6 Å². The molecule has 10 heteroatoms. The molecule has 2 aromatic rings. The fraction of sp³-hybridized carbons (Fsp3) is 0.417. The van der Waals surface area contributed by atoms with Gasteiger partial charge in [-0.1, -0.05) is 54.4 Å². The summed E-state index contributed by atoms with van der Waals surface area (Å²) in [4.78, 5) is 27.7. The average Bonchev–Trinajstić information content (AvgIpc) is 2.75. The van der Waals surface area contributed by atoms with Crippen LogP contribution in [0.15, 0.2) is 42.5 Å². The van der Waals surface area contributed by atoms with Crippen LogP contribution in [0.4, 0.5) is 5.69 Å². The van der Waals surface area contributed by atoms with Gasteiger partial charge in [-0.15, -0.1) is 0 Å². The molecule has 0 fully saturated rings. The molecular weight excluding hydrogens is 497 g/mol. The molecule has 1 N–H and O–H groups in total. The second-order valence-corrected chi connectivity index (χ2v) is 11.1. The highest BCUT2D eigenvalue weighted by atomic mass is 35.5. The molecule has 0 heterocycles. The van der Waals surface area contributed by atoms with Crippen molar-refractivity contribution in [3.8, 4) is 0 Å². The first-order valence-electron chi connectivity index (χ1n) is 10.9. The Kier molecular flexibility index (Phi) is 9.79. The van der Waals surface area contributed by atoms with Crippen molar-refractivity contribution in [2.24, 2.45) is 0 Å². The minimum Gasteiger partial charge on any atom is -0.352 e. The van der Waals surface area contributed by atoms with Crippen LogP contribution in [0.2, 0.25) is 10.0 Å². The number of hydrogen-bond acceptors (Lipinski definition) is 4. The van der Waals surface area contributed by atoms with Crippen molar-refractivity contribution in [2.75, 3.05) is 17.1 Å². The van der Waals surface area contributed by atoms with Gasteiger partial charge in [0.2, 0.25) is 21.8 Å². The lowest BCUT2D eigenvalue weighted by molar-refractivity contribution is -0.139. The van der Waals surface area contributed by atoms with E-state index in [9.17, 15) is 18.0 Å². The Morgan fingerprint density at radius 3 is 2.24 bits per heavy atom. The number of halogens is 2. The summed E-state index contributed by atoms with van der Waals surface area (Å²) in [7, 11) is -3.79. The number of para-hydroxylation sites is 1. The standard InChI is InChI=1S/C24H31Cl2N3O4S/c1-6-18-9-7-8-10-22(18)29(34(5,32)33)15-23(30)28(17(4)24(31)27-16(2)3)14-19-11-12-20(25)13-21(19)26/h7-13,16-17H,6,14-15H2,1-5H3,(H,27,31)/t17-/m1/s1. The smallest absolute Gasteiger partial charge is 0.244 e. The van der Waals surface area contributed by atoms with Crippen molar-refractivity contribution >= 4 is 50.7 Å². The van der Waals surface area contributed by atoms with E-state index in [-0.39, 0.29) is 18.5 Å². The highest BCUT2D eigenvalue weighted by Gasteiger charge is 2.31. The molecule has 0 bridgehead atoms. The number of amides is 2. The van der Waals surface area contributed by atoms with Gasteiger partial charge < -0.3 is 10.2 Å². The maximum Gasteiger partial charge on any atom is 0.244 e. The van der Waals surface area contributed by atoms with E-state index in [1.165, 1.54) is 4.90 Å². The summed E-state index contributed by atoms with van der Waals surface area (Å²) in [5, 5.41) is 3.59. The monoisotopic (exact) mass is 527 g/mol. The summed E-state index contributed by atoms with van der Waals surface area (Å²) in [6.07, 6.45) is 1.65. The molecule has 7 nitrogen and oxygen atoms in total. The maximum atomic E-state index is 13.6. The first kappa shape index (κ1) is 28.0. The van der Waals surface area contributed by atoms with Crippen LogP contribution in [-0.4, -0.2) is 50.0 Å². The molecule has 0 aliphatic rings. The van der Waals surface area contributed by atoms with Crippen molar-refractivity contribution in [1.82, 2.24) is 10.2 Å². The molecule has 0 radical (unpaired) electrons. The number of anilines is 1. The van der Waals surface area contributed by atoms with Crippen molar-refractivity contribution in [3.63, 3.8) is 0 Å². The van der Waals surface area contributed by atoms with Crippen molar-refractivity contribution in [3.05, 3.63) is 63.6 Å². The van der Waals surface area contributed by atoms with Gasteiger partial charge in [0, 0.05) is 22.6 Å². The first-order valence-corrected chi connectivity index (χ1v) is 13.5. The molecule has 0 saturated carbocycles. The predicted molar refractivity (Wildman–Crippen MR) is 138 cm³/mol. The molecular formula is C24H31Cl2N3O4S. The zero-order chi connectivity index (χ0) is 25.6. The number of aryl methyl sites for hydroxylation is 1. The molecule has 2 aromatic carbocycles. The van der Waals surface area contributed by atoms with Crippen LogP contribution in [-0.2, 0) is 32.6 Å². The van der Waals surface area contributed by atoms with Crippen molar-refractivity contribution in [2.45, 2.75) is 52.7 Å². The minimum atomic E-state index is -3.79. The van der Waals surface area contributed by atoms with E-state index >= 15 is 0 Å². The number of carbonyl (C=O) groups excluding carboxylic acids is 2. The van der Waals surface area contributed by atoms with Gasteiger partial charge in [-0.05, 0) is 56.5 Å². The summed E-state index contributed by atoms with van der Waals surface area (Å²) in [5.74, 6) is -0.887. The number of hydrogen-bond donors (Lipinski definition) is 1. The van der Waals surface area contributed by atoms with Gasteiger partial charge in [0.05, 0.1) is 11.9 Å². The lowest BCUT2D eigenvalue weighted by Gasteiger charge is -2.32. The van der Waals surface area contributed by atoms with Crippen LogP contribution in [0.5, 0.6) is 0 Å². The van der Waals surface area contributed by atoms with Crippen LogP contribution < -0.4 is 9.62 Å². The third kappa shape index (κ3) is 7.35. The summed E-state index contributed by atoms with van der Waals surface area (Å²) < 4.78 is 26.5. The third-order valence-corrected chi connectivity index (χ3v) is 6.99. The number of nitrogens with zero attached hydrogens (tertiary/aromatic N) is 2. The Bertz CT molecular complexity index is 1140. The summed E-state index contributed by atoms with van der Waals surface area (Å²) in [6, 6.07) is 10.9. The van der Waals surface area contributed by atoms with Crippen LogP contribution in [0.25, 0.3) is 0 Å². The number of benzene rings is 2. The Morgan fingerprint density at radius 1 is 1.03 bits per heavy atom. The number of rotatable bonds is 10. The Morgan fingerprint density at radius 2 is 1.68 bits per heavy atom. The minimum absolute atomic E-state index is 0.00848. The molecule has 2 rings (SSSR count). The van der Waals surface area contributed by atoms with E-state index in [1.807, 2.05) is 32.9 Å². The second kappa shape index (κ2) is 11.9. The Labute approximate surface area is 212 Å². The summed E-state index contributed by atoms with van der Waals surface area (Å²) in [6.45, 7) is 6.70. The van der Waals surface area contributed by atoms with Gasteiger partial charge in [-0.3, -0.25) is 13.9 Å². The van der Waals surface area contributed by atoms with Gasteiger partial charge in [0.25, 0.3) is 0 Å². The van der Waals surface area contributed by atoms with Gasteiger partial charge >= 0.3 is 0 Å². The zero-order valence-electron chi connectivity index (χ0n) is 20.0. The summed E-state index contributed by atoms with van der Waals surface area (Å²) >= 11 is 12.3. The van der Waals surface area contributed by atoms with Gasteiger partial charge in [-0.25, -0.2) is 8.42 Å². The molecule has 186 valence electrons. The van der Waals surface area contributed by atoms with Gasteiger partial charge in [-0.2, -0.15) is 0 Å². The van der Waals surface area contributed by atoms with Crippen molar-refractivity contribution < 1.29 is 18.0 Å². The highest BCUT2D eigenvalue weighted by molar-refractivity contribution is 7.92. The van der Waals surface area contributed by atoms with Gasteiger partial charge in [0.15, 0.2) is 0 Å². The molecule has 1 atom stereocenters. The lowest BCUT2D eigenvalue weighted by atomic mass is 10.1. The molecule has 0 aliphatic carbocycles.